The van der Waals surface area contributed by atoms with Gasteiger partial charge in [-0.1, -0.05) is 12.5 Å². The van der Waals surface area contributed by atoms with E-state index in [0.717, 1.165) is 18.4 Å². The molecule has 0 unspecified atom stereocenters. The van der Waals surface area contributed by atoms with Gasteiger partial charge >= 0.3 is 12.0 Å². The van der Waals surface area contributed by atoms with E-state index in [1.54, 1.807) is 37.2 Å². The number of benzene rings is 1. The number of carbonyl (C=O) groups excluding carboxylic acids is 2. The predicted molar refractivity (Wildman–Crippen MR) is 97.2 cm³/mol. The van der Waals surface area contributed by atoms with Gasteiger partial charge < -0.3 is 20.2 Å². The number of nitrogens with zero attached hydrogens (tertiary/aromatic N) is 2. The minimum atomic E-state index is -0.801. The van der Waals surface area contributed by atoms with Gasteiger partial charge in [0, 0.05) is 38.4 Å². The van der Waals surface area contributed by atoms with Gasteiger partial charge in [-0.25, -0.2) is 4.79 Å². The van der Waals surface area contributed by atoms with Crippen molar-refractivity contribution in [3.05, 3.63) is 29.3 Å². The molecular weight excluding hydrogens is 334 g/mol. The lowest BCUT2D eigenvalue weighted by Gasteiger charge is -2.23. The van der Waals surface area contributed by atoms with E-state index >= 15 is 0 Å². The topological polar surface area (TPSA) is 90.0 Å². The minimum Gasteiger partial charge on any atom is -0.481 e. The third-order valence-electron chi connectivity index (χ3n) is 5.72. The molecule has 2 N–H and O–H groups in total. The highest BCUT2D eigenvalue weighted by Crippen LogP contribution is 2.48. The lowest BCUT2D eigenvalue weighted by molar-refractivity contribution is -0.149. The first kappa shape index (κ1) is 18.2. The second-order valence-corrected chi connectivity index (χ2v) is 7.59. The highest BCUT2D eigenvalue weighted by atomic mass is 16.4. The van der Waals surface area contributed by atoms with Crippen molar-refractivity contribution in [2.75, 3.05) is 32.5 Å². The monoisotopic (exact) mass is 359 g/mol. The second kappa shape index (κ2) is 6.63. The van der Waals surface area contributed by atoms with E-state index in [2.05, 4.69) is 5.32 Å². The van der Waals surface area contributed by atoms with Crippen LogP contribution in [0, 0.1) is 18.3 Å². The van der Waals surface area contributed by atoms with Crippen LogP contribution in [-0.2, 0) is 4.79 Å². The number of rotatable bonds is 3. The van der Waals surface area contributed by atoms with Crippen LogP contribution in [0.2, 0.25) is 0 Å². The summed E-state index contributed by atoms with van der Waals surface area (Å²) in [7, 11) is 3.35. The molecule has 1 aromatic carbocycles. The number of aryl methyl sites for hydroxylation is 1. The highest BCUT2D eigenvalue weighted by molar-refractivity contribution is 5.97. The van der Waals surface area contributed by atoms with Crippen molar-refractivity contribution in [1.29, 1.82) is 0 Å². The molecule has 2 atom stereocenters. The van der Waals surface area contributed by atoms with E-state index in [4.69, 9.17) is 0 Å². The third-order valence-corrected chi connectivity index (χ3v) is 5.72. The number of hydrogen-bond donors (Lipinski definition) is 2. The van der Waals surface area contributed by atoms with Crippen LogP contribution in [0.25, 0.3) is 0 Å². The summed E-state index contributed by atoms with van der Waals surface area (Å²) >= 11 is 0. The van der Waals surface area contributed by atoms with Crippen LogP contribution < -0.4 is 5.32 Å². The lowest BCUT2D eigenvalue weighted by atomic mass is 9.81. The van der Waals surface area contributed by atoms with E-state index in [1.807, 2.05) is 6.92 Å². The first-order chi connectivity index (χ1) is 12.2. The van der Waals surface area contributed by atoms with E-state index in [0.29, 0.717) is 24.2 Å². The quantitative estimate of drug-likeness (QED) is 0.867. The Kier molecular flexibility index (Phi) is 4.64. The Bertz CT molecular complexity index is 761. The fourth-order valence-electron chi connectivity index (χ4n) is 4.14. The Morgan fingerprint density at radius 2 is 2.04 bits per heavy atom. The van der Waals surface area contributed by atoms with Gasteiger partial charge in [0.25, 0.3) is 5.91 Å². The molecule has 7 nitrogen and oxygen atoms in total. The van der Waals surface area contributed by atoms with Crippen LogP contribution >= 0.6 is 0 Å². The molecule has 0 bridgehead atoms. The van der Waals surface area contributed by atoms with Crippen molar-refractivity contribution in [3.8, 4) is 0 Å². The maximum atomic E-state index is 12.7. The molecule has 2 fully saturated rings. The van der Waals surface area contributed by atoms with Crippen LogP contribution in [0.3, 0.4) is 0 Å². The molecule has 140 valence electrons. The van der Waals surface area contributed by atoms with Crippen molar-refractivity contribution >= 4 is 23.6 Å². The van der Waals surface area contributed by atoms with E-state index < -0.39 is 11.4 Å². The van der Waals surface area contributed by atoms with Gasteiger partial charge in [0.15, 0.2) is 0 Å². The molecule has 3 rings (SSSR count). The zero-order valence-corrected chi connectivity index (χ0v) is 15.4. The summed E-state index contributed by atoms with van der Waals surface area (Å²) in [5, 5.41) is 12.5. The molecule has 0 aromatic heterocycles. The number of nitrogens with one attached hydrogen (secondary N) is 1. The van der Waals surface area contributed by atoms with Crippen LogP contribution in [-0.4, -0.2) is 60.0 Å². The molecule has 1 aliphatic heterocycles. The second-order valence-electron chi connectivity index (χ2n) is 7.59. The first-order valence-corrected chi connectivity index (χ1v) is 8.86. The van der Waals surface area contributed by atoms with Gasteiger partial charge in [-0.3, -0.25) is 9.59 Å². The fourth-order valence-corrected chi connectivity index (χ4v) is 4.14. The molecule has 0 spiro atoms. The molecule has 1 heterocycles. The smallest absolute Gasteiger partial charge is 0.321 e. The highest BCUT2D eigenvalue weighted by Gasteiger charge is 2.55. The van der Waals surface area contributed by atoms with Crippen molar-refractivity contribution in [2.45, 2.75) is 26.2 Å². The molecule has 0 radical (unpaired) electrons. The standard InChI is InChI=1S/C19H25N3O4/c1-12-6-7-13(16(23)21(2)3)9-15(12)20-18(26)22-10-14-5-4-8-19(14,11-22)17(24)25/h6-7,9,14H,4-5,8,10-11H2,1-3H3,(H,20,26)(H,24,25)/t14-,19+/m0/s1. The Morgan fingerprint density at radius 1 is 1.31 bits per heavy atom. The van der Waals surface area contributed by atoms with Gasteiger partial charge in [0.1, 0.15) is 0 Å². The molecule has 1 aromatic rings. The number of aliphatic carboxylic acids is 1. The Balaban J connectivity index is 1.76. The zero-order valence-electron chi connectivity index (χ0n) is 15.4. The molecule has 1 saturated heterocycles. The lowest BCUT2D eigenvalue weighted by Crippen LogP contribution is -2.38. The van der Waals surface area contributed by atoms with Gasteiger partial charge in [-0.15, -0.1) is 0 Å². The van der Waals surface area contributed by atoms with Crippen molar-refractivity contribution in [2.24, 2.45) is 11.3 Å². The summed E-state index contributed by atoms with van der Waals surface area (Å²) in [5.74, 6) is -0.917. The van der Waals surface area contributed by atoms with Crippen LogP contribution in [0.1, 0.15) is 35.2 Å². The molecule has 3 amide bonds. The number of amides is 3. The van der Waals surface area contributed by atoms with Crippen molar-refractivity contribution in [1.82, 2.24) is 9.80 Å². The SMILES string of the molecule is Cc1ccc(C(=O)N(C)C)cc1NC(=O)N1C[C@@H]2CCC[C@@]2(C(=O)O)C1. The van der Waals surface area contributed by atoms with Gasteiger partial charge in [-0.2, -0.15) is 0 Å². The normalized spacial score (nSPS) is 24.3. The first-order valence-electron chi connectivity index (χ1n) is 8.86. The fraction of sp³-hybridized carbons (Fsp3) is 0.526. The Labute approximate surface area is 153 Å². The summed E-state index contributed by atoms with van der Waals surface area (Å²) in [6, 6.07) is 4.88. The maximum Gasteiger partial charge on any atom is 0.321 e. The molecular formula is C19H25N3O4. The van der Waals surface area contributed by atoms with Gasteiger partial charge in [-0.05, 0) is 43.4 Å². The largest absolute Gasteiger partial charge is 0.481 e. The van der Waals surface area contributed by atoms with Gasteiger partial charge in [0.2, 0.25) is 0 Å². The summed E-state index contributed by atoms with van der Waals surface area (Å²) in [4.78, 5) is 39.7. The number of carbonyl (C=O) groups is 3. The number of urea groups is 1. The summed E-state index contributed by atoms with van der Waals surface area (Å²) in [5.41, 5.74) is 1.12. The third kappa shape index (κ3) is 3.02. The summed E-state index contributed by atoms with van der Waals surface area (Å²) in [6.07, 6.45) is 2.38. The number of fused-ring (bicyclic) bond motifs is 1. The Hall–Kier alpha value is -2.57. The summed E-state index contributed by atoms with van der Waals surface area (Å²) < 4.78 is 0. The number of anilines is 1. The van der Waals surface area contributed by atoms with E-state index in [-0.39, 0.29) is 24.4 Å². The molecule has 1 saturated carbocycles. The van der Waals surface area contributed by atoms with Crippen molar-refractivity contribution < 1.29 is 19.5 Å². The molecule has 26 heavy (non-hydrogen) atoms. The molecule has 1 aliphatic carbocycles. The minimum absolute atomic E-state index is 0.0218. The predicted octanol–water partition coefficient (Wildman–Crippen LogP) is 2.42. The van der Waals surface area contributed by atoms with Crippen LogP contribution in [0.5, 0.6) is 0 Å². The van der Waals surface area contributed by atoms with Crippen molar-refractivity contribution in [3.63, 3.8) is 0 Å². The Morgan fingerprint density at radius 3 is 2.65 bits per heavy atom. The van der Waals surface area contributed by atoms with Crippen LogP contribution in [0.4, 0.5) is 10.5 Å². The van der Waals surface area contributed by atoms with E-state index in [1.165, 1.54) is 4.90 Å². The molecule has 2 aliphatic rings. The zero-order chi connectivity index (χ0) is 19.1. The number of likely N-dealkylation sites (tertiary alicyclic amines) is 1. The maximum absolute atomic E-state index is 12.7. The van der Waals surface area contributed by atoms with Crippen LogP contribution in [0.15, 0.2) is 18.2 Å². The molecule has 7 heteroatoms. The number of carboxylic acid groups (broad SMARTS) is 1. The van der Waals surface area contributed by atoms with E-state index in [9.17, 15) is 19.5 Å². The van der Waals surface area contributed by atoms with Gasteiger partial charge in [0.05, 0.1) is 5.41 Å². The summed E-state index contributed by atoms with van der Waals surface area (Å²) in [6.45, 7) is 2.57. The average Bonchev–Trinajstić information content (AvgIpc) is 3.14. The number of hydrogen-bond acceptors (Lipinski definition) is 3. The number of carboxylic acids is 1. The average molecular weight is 359 g/mol.